The fourth-order valence-corrected chi connectivity index (χ4v) is 9.64. The van der Waals surface area contributed by atoms with Crippen LogP contribution in [0, 0.1) is 0 Å². The minimum atomic E-state index is -1.11. The molecule has 348 valence electrons. The SMILES string of the molecule is COc1cc(C(=O)N2c3ccccc3C[C@H]2C)c(N)cc1OCc1cc(COc2cc3c(cc2OC)C(=O)N2c4ccccc4C[C@H]2CN3)cc(N(C)CCCC(=O)OC2C(=O)CCC2O)c1. The number of anilines is 5. The number of hydrogen-bond acceptors (Lipinski definition) is 13. The maximum atomic E-state index is 14.1. The number of nitrogens with zero attached hydrogens (tertiary/aromatic N) is 3. The second-order valence-corrected chi connectivity index (χ2v) is 17.6. The van der Waals surface area contributed by atoms with Gasteiger partial charge in [-0.05, 0) is 97.3 Å². The minimum absolute atomic E-state index is 0.0307. The number of rotatable bonds is 15. The van der Waals surface area contributed by atoms with Gasteiger partial charge in [-0.2, -0.15) is 0 Å². The van der Waals surface area contributed by atoms with Crippen molar-refractivity contribution in [3.8, 4) is 23.0 Å². The van der Waals surface area contributed by atoms with Crippen LogP contribution in [0.1, 0.15) is 75.6 Å². The monoisotopic (exact) mass is 909 g/mol. The Bertz CT molecular complexity index is 2740. The van der Waals surface area contributed by atoms with Gasteiger partial charge in [-0.3, -0.25) is 19.2 Å². The lowest BCUT2D eigenvalue weighted by Crippen LogP contribution is -2.39. The highest BCUT2D eigenvalue weighted by atomic mass is 16.6. The molecule has 0 radical (unpaired) electrons. The van der Waals surface area contributed by atoms with Crippen LogP contribution in [-0.4, -0.2) is 87.3 Å². The van der Waals surface area contributed by atoms with Crippen LogP contribution in [-0.2, 0) is 40.4 Å². The Hall–Kier alpha value is -7.26. The molecular formula is C52H55N5O10. The van der Waals surface area contributed by atoms with Gasteiger partial charge in [0.15, 0.2) is 34.9 Å². The highest BCUT2D eigenvalue weighted by molar-refractivity contribution is 6.13. The van der Waals surface area contributed by atoms with Crippen LogP contribution in [0.15, 0.2) is 91.0 Å². The fraction of sp³-hybridized carbons (Fsp3) is 0.346. The van der Waals surface area contributed by atoms with Crippen molar-refractivity contribution in [2.45, 2.75) is 83.0 Å². The van der Waals surface area contributed by atoms with E-state index in [-0.39, 0.29) is 67.8 Å². The summed E-state index contributed by atoms with van der Waals surface area (Å²) in [6.45, 7) is 3.25. The average molecular weight is 910 g/mol. The van der Waals surface area contributed by atoms with Gasteiger partial charge < -0.3 is 54.5 Å². The molecule has 4 N–H and O–H groups in total. The predicted octanol–water partition coefficient (Wildman–Crippen LogP) is 6.88. The summed E-state index contributed by atoms with van der Waals surface area (Å²) in [7, 11) is 4.96. The molecule has 1 fully saturated rings. The molecule has 4 aliphatic rings. The van der Waals surface area contributed by atoms with Crippen LogP contribution in [0.5, 0.6) is 23.0 Å². The van der Waals surface area contributed by atoms with Gasteiger partial charge in [-0.1, -0.05) is 36.4 Å². The number of nitrogens with two attached hydrogens (primary N) is 1. The zero-order chi connectivity index (χ0) is 46.9. The number of methoxy groups -OCH3 is 2. The van der Waals surface area contributed by atoms with E-state index in [2.05, 4.69) is 11.4 Å². The number of nitrogen functional groups attached to an aromatic ring is 1. The van der Waals surface area contributed by atoms with E-state index < -0.39 is 18.2 Å². The number of para-hydroxylation sites is 2. The maximum absolute atomic E-state index is 14.1. The van der Waals surface area contributed by atoms with Crippen molar-refractivity contribution in [1.82, 2.24) is 0 Å². The first kappa shape index (κ1) is 44.9. The van der Waals surface area contributed by atoms with Crippen molar-refractivity contribution in [3.63, 3.8) is 0 Å². The number of ether oxygens (including phenoxy) is 5. The zero-order valence-corrected chi connectivity index (χ0v) is 38.1. The van der Waals surface area contributed by atoms with Gasteiger partial charge in [-0.25, -0.2) is 0 Å². The molecule has 1 saturated carbocycles. The molecule has 0 spiro atoms. The number of esters is 1. The van der Waals surface area contributed by atoms with E-state index in [0.717, 1.165) is 52.2 Å². The lowest BCUT2D eigenvalue weighted by molar-refractivity contribution is -0.158. The second-order valence-electron chi connectivity index (χ2n) is 17.6. The average Bonchev–Trinajstić information content (AvgIpc) is 3.96. The number of nitrogens with one attached hydrogen (secondary N) is 1. The summed E-state index contributed by atoms with van der Waals surface area (Å²) in [5, 5.41) is 13.6. The Kier molecular flexibility index (Phi) is 12.7. The molecule has 5 aromatic carbocycles. The molecule has 4 atom stereocenters. The molecule has 0 aromatic heterocycles. The number of hydrogen-bond donors (Lipinski definition) is 3. The molecule has 2 unspecified atom stereocenters. The Morgan fingerprint density at radius 3 is 2.18 bits per heavy atom. The van der Waals surface area contributed by atoms with Gasteiger partial charge in [0.1, 0.15) is 13.2 Å². The van der Waals surface area contributed by atoms with Crippen LogP contribution < -0.4 is 44.7 Å². The third-order valence-electron chi connectivity index (χ3n) is 13.1. The Balaban J connectivity index is 0.944. The van der Waals surface area contributed by atoms with Crippen molar-refractivity contribution < 1.29 is 48.0 Å². The zero-order valence-electron chi connectivity index (χ0n) is 38.1. The highest BCUT2D eigenvalue weighted by Gasteiger charge is 2.39. The maximum Gasteiger partial charge on any atom is 0.306 e. The number of amides is 2. The molecule has 0 bridgehead atoms. The lowest BCUT2D eigenvalue weighted by atomic mass is 10.1. The van der Waals surface area contributed by atoms with E-state index in [0.29, 0.717) is 59.3 Å². The van der Waals surface area contributed by atoms with E-state index in [9.17, 15) is 24.3 Å². The molecule has 15 nitrogen and oxygen atoms in total. The van der Waals surface area contributed by atoms with Gasteiger partial charge in [0.25, 0.3) is 11.8 Å². The molecule has 9 rings (SSSR count). The smallest absolute Gasteiger partial charge is 0.306 e. The summed E-state index contributed by atoms with van der Waals surface area (Å²) in [6, 6.07) is 28.5. The van der Waals surface area contributed by atoms with E-state index in [1.54, 1.807) is 30.2 Å². The number of aliphatic hydroxyl groups is 1. The first-order valence-electron chi connectivity index (χ1n) is 22.7. The molecule has 5 aromatic rings. The molecule has 1 aliphatic carbocycles. The summed E-state index contributed by atoms with van der Waals surface area (Å²) in [4.78, 5) is 58.5. The highest BCUT2D eigenvalue weighted by Crippen LogP contribution is 2.42. The summed E-state index contributed by atoms with van der Waals surface area (Å²) in [5.41, 5.74) is 14.7. The molecule has 3 heterocycles. The van der Waals surface area contributed by atoms with E-state index in [1.165, 1.54) is 7.11 Å². The fourth-order valence-electron chi connectivity index (χ4n) is 9.64. The van der Waals surface area contributed by atoms with E-state index in [4.69, 9.17) is 29.4 Å². The number of ketones is 1. The van der Waals surface area contributed by atoms with Crippen molar-refractivity contribution in [3.05, 3.63) is 124 Å². The molecule has 3 aliphatic heterocycles. The quantitative estimate of drug-likeness (QED) is 0.0731. The van der Waals surface area contributed by atoms with Gasteiger partial charge in [0, 0.05) is 73.9 Å². The number of carbonyl (C=O) groups is 4. The lowest BCUT2D eigenvalue weighted by Gasteiger charge is -2.24. The molecule has 2 amide bonds. The topological polar surface area (TPSA) is 182 Å². The van der Waals surface area contributed by atoms with Gasteiger partial charge in [0.05, 0.1) is 43.2 Å². The van der Waals surface area contributed by atoms with Crippen molar-refractivity contribution in [2.75, 3.05) is 60.1 Å². The van der Waals surface area contributed by atoms with Crippen LogP contribution in [0.4, 0.5) is 28.4 Å². The third-order valence-corrected chi connectivity index (χ3v) is 13.1. The number of Topliss-reactive ketones (excluding diaryl/α,β-unsaturated/α-hetero) is 1. The van der Waals surface area contributed by atoms with E-state index in [1.807, 2.05) is 90.5 Å². The van der Waals surface area contributed by atoms with Gasteiger partial charge >= 0.3 is 5.97 Å². The van der Waals surface area contributed by atoms with Gasteiger partial charge in [0.2, 0.25) is 0 Å². The summed E-state index contributed by atoms with van der Waals surface area (Å²) in [6.07, 6.45) is 0.382. The Morgan fingerprint density at radius 2 is 1.49 bits per heavy atom. The van der Waals surface area contributed by atoms with Crippen LogP contribution in [0.3, 0.4) is 0 Å². The van der Waals surface area contributed by atoms with Crippen LogP contribution in [0.25, 0.3) is 0 Å². The van der Waals surface area contributed by atoms with Crippen molar-refractivity contribution in [2.24, 2.45) is 0 Å². The minimum Gasteiger partial charge on any atom is -0.493 e. The molecule has 0 saturated heterocycles. The number of benzene rings is 5. The summed E-state index contributed by atoms with van der Waals surface area (Å²) in [5.74, 6) is 0.424. The molecule has 15 heteroatoms. The molecular weight excluding hydrogens is 855 g/mol. The second kappa shape index (κ2) is 18.9. The van der Waals surface area contributed by atoms with E-state index >= 15 is 0 Å². The Morgan fingerprint density at radius 1 is 0.836 bits per heavy atom. The first-order chi connectivity index (χ1) is 32.4. The number of aliphatic hydroxyl groups excluding tert-OH is 1. The van der Waals surface area contributed by atoms with Crippen LogP contribution >= 0.6 is 0 Å². The van der Waals surface area contributed by atoms with Crippen molar-refractivity contribution >= 4 is 52.0 Å². The first-order valence-corrected chi connectivity index (χ1v) is 22.7. The molecule has 67 heavy (non-hydrogen) atoms. The standard InChI is InChI=1S/C52H55N5O10/c1-30-18-33-10-5-7-12-41(33)56(30)51(61)37-23-45(63-3)47(25-39(37)53)65-28-31-19-32(21-35(20-31)55(2)17-9-14-49(60)67-50-43(58)15-16-44(50)59)29-66-48-26-40-38(24-46(48)64-4)52(62)57-36(27-54-40)22-34-11-6-8-13-42(34)57/h5-8,10-13,19-21,23-26,30,36,43,50,54,58H,9,14-18,22,27-29,53H2,1-4H3/t30-,36+,43?,50?/m1/s1. The van der Waals surface area contributed by atoms with Crippen LogP contribution in [0.2, 0.25) is 0 Å². The number of carbonyl (C=O) groups excluding carboxylic acids is 4. The summed E-state index contributed by atoms with van der Waals surface area (Å²) < 4.78 is 29.8. The number of fused-ring (bicyclic) bond motifs is 5. The van der Waals surface area contributed by atoms with Gasteiger partial charge in [-0.15, -0.1) is 0 Å². The predicted molar refractivity (Wildman–Crippen MR) is 254 cm³/mol. The summed E-state index contributed by atoms with van der Waals surface area (Å²) >= 11 is 0. The third kappa shape index (κ3) is 9.03. The normalized spacial score (nSPS) is 19.1. The Labute approximate surface area is 389 Å². The largest absolute Gasteiger partial charge is 0.493 e. The van der Waals surface area contributed by atoms with Crippen molar-refractivity contribution in [1.29, 1.82) is 0 Å².